The van der Waals surface area contributed by atoms with Crippen LogP contribution in [0.2, 0.25) is 0 Å². The molecule has 1 fully saturated rings. The first-order valence-corrected chi connectivity index (χ1v) is 8.63. The van der Waals surface area contributed by atoms with E-state index in [1.165, 1.54) is 4.90 Å². The molecule has 1 aliphatic rings. The number of amides is 3. The number of carbonyl (C=O) groups excluding carboxylic acids is 3. The van der Waals surface area contributed by atoms with Gasteiger partial charge in [0.1, 0.15) is 5.60 Å². The summed E-state index contributed by atoms with van der Waals surface area (Å²) < 4.78 is 5.30. The number of rotatable bonds is 4. The summed E-state index contributed by atoms with van der Waals surface area (Å²) in [4.78, 5) is 38.6. The molecular formula is C13H20Br2N2O4. The number of likely N-dealkylation sites (N-methyl/N-ethyl adjacent to an activating group) is 1. The van der Waals surface area contributed by atoms with Crippen LogP contribution in [0.25, 0.3) is 0 Å². The normalized spacial score (nSPS) is 20.7. The molecule has 2 atom stereocenters. The molecule has 0 spiro atoms. The van der Waals surface area contributed by atoms with Gasteiger partial charge in [0, 0.05) is 12.4 Å². The molecule has 3 amide bonds. The lowest BCUT2D eigenvalue weighted by Gasteiger charge is -2.26. The molecule has 0 N–H and O–H groups in total. The Morgan fingerprint density at radius 1 is 1.43 bits per heavy atom. The second-order valence-corrected chi connectivity index (χ2v) is 7.76. The average molecular weight is 428 g/mol. The number of carbonyl (C=O) groups is 3. The molecule has 6 nitrogen and oxygen atoms in total. The van der Waals surface area contributed by atoms with Crippen LogP contribution in [0.5, 0.6) is 0 Å². The lowest BCUT2D eigenvalue weighted by atomic mass is 10.2. The molecule has 1 saturated heterocycles. The third kappa shape index (κ3) is 4.67. The summed E-state index contributed by atoms with van der Waals surface area (Å²) >= 11 is 6.50. The van der Waals surface area contributed by atoms with Crippen LogP contribution in [0.3, 0.4) is 0 Å². The standard InChI is InChI=1S/C13H20Br2N2O4/c1-13(2,3)21-11(19)9-7-16(4)12(20)17(9)10(18)8(15)5-6-14/h8-9H,5-7H2,1-4H3/t8?,9-/m0/s1. The molecule has 1 aliphatic heterocycles. The number of ether oxygens (including phenoxy) is 1. The largest absolute Gasteiger partial charge is 0.458 e. The van der Waals surface area contributed by atoms with Gasteiger partial charge in [-0.25, -0.2) is 14.5 Å². The minimum atomic E-state index is -0.899. The SMILES string of the molecule is CN1C[C@@H](C(=O)OC(C)(C)C)N(C(=O)C(Br)CCBr)C1=O. The van der Waals surface area contributed by atoms with Crippen LogP contribution in [0.15, 0.2) is 0 Å². The molecule has 21 heavy (non-hydrogen) atoms. The lowest BCUT2D eigenvalue weighted by Crippen LogP contribution is -2.48. The van der Waals surface area contributed by atoms with E-state index >= 15 is 0 Å². The maximum atomic E-state index is 12.4. The average Bonchev–Trinajstić information content (AvgIpc) is 2.63. The van der Waals surface area contributed by atoms with Gasteiger partial charge in [-0.15, -0.1) is 0 Å². The van der Waals surface area contributed by atoms with E-state index in [1.54, 1.807) is 27.8 Å². The number of alkyl halides is 2. The van der Waals surface area contributed by atoms with E-state index in [1.807, 2.05) is 0 Å². The highest BCUT2D eigenvalue weighted by Gasteiger charge is 2.46. The molecule has 1 unspecified atom stereocenters. The van der Waals surface area contributed by atoms with E-state index < -0.39 is 34.4 Å². The summed E-state index contributed by atoms with van der Waals surface area (Å²) in [6, 6.07) is -1.38. The second kappa shape index (κ2) is 7.09. The molecule has 0 aromatic carbocycles. The second-order valence-electron chi connectivity index (χ2n) is 5.87. The van der Waals surface area contributed by atoms with Gasteiger partial charge in [0.15, 0.2) is 6.04 Å². The van der Waals surface area contributed by atoms with Crippen LogP contribution in [-0.4, -0.2) is 63.1 Å². The third-order valence-electron chi connectivity index (χ3n) is 2.84. The highest BCUT2D eigenvalue weighted by Crippen LogP contribution is 2.22. The molecule has 8 heteroatoms. The van der Waals surface area contributed by atoms with Crippen molar-refractivity contribution in [2.45, 2.75) is 43.7 Å². The van der Waals surface area contributed by atoms with Crippen molar-refractivity contribution in [1.82, 2.24) is 9.80 Å². The van der Waals surface area contributed by atoms with Crippen LogP contribution >= 0.6 is 31.9 Å². The molecule has 0 aromatic heterocycles. The van der Waals surface area contributed by atoms with Gasteiger partial charge in [-0.3, -0.25) is 4.79 Å². The van der Waals surface area contributed by atoms with Crippen LogP contribution in [0.1, 0.15) is 27.2 Å². The number of hydrogen-bond donors (Lipinski definition) is 0. The molecule has 0 radical (unpaired) electrons. The summed E-state index contributed by atoms with van der Waals surface area (Å²) in [7, 11) is 1.56. The molecule has 1 heterocycles. The molecule has 1 rings (SSSR count). The van der Waals surface area contributed by atoms with Crippen molar-refractivity contribution in [3.05, 3.63) is 0 Å². The minimum Gasteiger partial charge on any atom is -0.458 e. The molecule has 120 valence electrons. The van der Waals surface area contributed by atoms with Crippen LogP contribution in [-0.2, 0) is 14.3 Å². The maximum Gasteiger partial charge on any atom is 0.331 e. The molecular weight excluding hydrogens is 408 g/mol. The van der Waals surface area contributed by atoms with Gasteiger partial charge < -0.3 is 9.64 Å². The van der Waals surface area contributed by atoms with Gasteiger partial charge in [-0.2, -0.15) is 0 Å². The zero-order valence-corrected chi connectivity index (χ0v) is 15.7. The molecule has 0 saturated carbocycles. The smallest absolute Gasteiger partial charge is 0.331 e. The van der Waals surface area contributed by atoms with E-state index in [0.29, 0.717) is 11.8 Å². The summed E-state index contributed by atoms with van der Waals surface area (Å²) in [6.07, 6.45) is 0.521. The first kappa shape index (κ1) is 18.4. The molecule has 0 aliphatic carbocycles. The Morgan fingerprint density at radius 2 is 2.00 bits per heavy atom. The fourth-order valence-electron chi connectivity index (χ4n) is 1.90. The zero-order chi connectivity index (χ0) is 16.4. The van der Waals surface area contributed by atoms with Gasteiger partial charge in [0.05, 0.1) is 11.4 Å². The Labute approximate surface area is 141 Å². The third-order valence-corrected chi connectivity index (χ3v) is 4.15. The number of urea groups is 1. The van der Waals surface area contributed by atoms with Gasteiger partial charge in [0.25, 0.3) is 0 Å². The first-order chi connectivity index (χ1) is 9.58. The number of nitrogens with zero attached hydrogens (tertiary/aromatic N) is 2. The summed E-state index contributed by atoms with van der Waals surface area (Å²) in [5, 5.41) is 0.615. The first-order valence-electron chi connectivity index (χ1n) is 6.59. The Balaban J connectivity index is 2.94. The Bertz CT molecular complexity index is 436. The van der Waals surface area contributed by atoms with Crippen molar-refractivity contribution >= 4 is 49.8 Å². The summed E-state index contributed by atoms with van der Waals surface area (Å²) in [5.74, 6) is -0.980. The fraction of sp³-hybridized carbons (Fsp3) is 0.769. The van der Waals surface area contributed by atoms with Crippen molar-refractivity contribution < 1.29 is 19.1 Å². The topological polar surface area (TPSA) is 66.9 Å². The van der Waals surface area contributed by atoms with E-state index in [0.717, 1.165) is 4.90 Å². The number of halogens is 2. The maximum absolute atomic E-state index is 12.4. The van der Waals surface area contributed by atoms with Crippen molar-refractivity contribution in [3.8, 4) is 0 Å². The van der Waals surface area contributed by atoms with Crippen LogP contribution in [0, 0.1) is 0 Å². The van der Waals surface area contributed by atoms with E-state index in [4.69, 9.17) is 4.74 Å². The van der Waals surface area contributed by atoms with E-state index in [-0.39, 0.29) is 6.54 Å². The molecule has 0 aromatic rings. The lowest BCUT2D eigenvalue weighted by molar-refractivity contribution is -0.161. The zero-order valence-electron chi connectivity index (χ0n) is 12.6. The van der Waals surface area contributed by atoms with Crippen LogP contribution in [0.4, 0.5) is 4.79 Å². The Morgan fingerprint density at radius 3 is 2.48 bits per heavy atom. The summed E-state index contributed by atoms with van der Waals surface area (Å²) in [5.41, 5.74) is -0.667. The van der Waals surface area contributed by atoms with Gasteiger partial charge in [-0.05, 0) is 27.2 Å². The fourth-order valence-corrected chi connectivity index (χ4v) is 3.43. The highest BCUT2D eigenvalue weighted by atomic mass is 79.9. The van der Waals surface area contributed by atoms with E-state index in [2.05, 4.69) is 31.9 Å². The predicted molar refractivity (Wildman–Crippen MR) is 85.6 cm³/mol. The summed E-state index contributed by atoms with van der Waals surface area (Å²) in [6.45, 7) is 5.38. The number of esters is 1. The Kier molecular flexibility index (Phi) is 6.22. The quantitative estimate of drug-likeness (QED) is 0.509. The predicted octanol–water partition coefficient (Wildman–Crippen LogP) is 2.14. The van der Waals surface area contributed by atoms with Crippen molar-refractivity contribution in [3.63, 3.8) is 0 Å². The minimum absolute atomic E-state index is 0.146. The van der Waals surface area contributed by atoms with Crippen molar-refractivity contribution in [1.29, 1.82) is 0 Å². The van der Waals surface area contributed by atoms with Crippen LogP contribution < -0.4 is 0 Å². The van der Waals surface area contributed by atoms with E-state index in [9.17, 15) is 14.4 Å². The van der Waals surface area contributed by atoms with Gasteiger partial charge >= 0.3 is 12.0 Å². The molecule has 0 bridgehead atoms. The highest BCUT2D eigenvalue weighted by molar-refractivity contribution is 9.10. The van der Waals surface area contributed by atoms with Crippen molar-refractivity contribution in [2.24, 2.45) is 0 Å². The Hall–Kier alpha value is -0.630. The van der Waals surface area contributed by atoms with Gasteiger partial charge in [0.2, 0.25) is 5.91 Å². The monoisotopic (exact) mass is 426 g/mol. The van der Waals surface area contributed by atoms with Crippen molar-refractivity contribution in [2.75, 3.05) is 18.9 Å². The van der Waals surface area contributed by atoms with Gasteiger partial charge in [-0.1, -0.05) is 31.9 Å². The number of imide groups is 1. The number of hydrogen-bond acceptors (Lipinski definition) is 4.